The molecule has 1 amide bonds. The first kappa shape index (κ1) is 32.2. The number of anilines is 1. The zero-order chi connectivity index (χ0) is 31.2. The first-order valence-corrected chi connectivity index (χ1v) is 13.4. The van der Waals surface area contributed by atoms with Crippen molar-refractivity contribution >= 4 is 23.4 Å². The van der Waals surface area contributed by atoms with Crippen molar-refractivity contribution < 1.29 is 29.3 Å². The van der Waals surface area contributed by atoms with Crippen molar-refractivity contribution in [2.45, 2.75) is 25.6 Å². The van der Waals surface area contributed by atoms with Gasteiger partial charge in [0.2, 0.25) is 5.91 Å². The second-order valence-electron chi connectivity index (χ2n) is 9.43. The lowest BCUT2D eigenvalue weighted by Crippen LogP contribution is -2.37. The number of hydrogen-bond donors (Lipinski definition) is 6. The number of carboxylic acid groups (broad SMARTS) is 1. The molecule has 0 aliphatic heterocycles. The lowest BCUT2D eigenvalue weighted by molar-refractivity contribution is -0.134. The molecule has 4 aromatic rings. The van der Waals surface area contributed by atoms with Crippen molar-refractivity contribution in [3.8, 4) is 11.5 Å². The number of carbonyl (C=O) groups is 2. The second-order valence-corrected chi connectivity index (χ2v) is 9.43. The third-order valence-corrected chi connectivity index (χ3v) is 6.23. The van der Waals surface area contributed by atoms with Crippen LogP contribution in [0.4, 0.5) is 5.69 Å². The molecule has 10 heteroatoms. The van der Waals surface area contributed by atoms with Crippen molar-refractivity contribution in [2.75, 3.05) is 19.0 Å². The molecule has 0 unspecified atom stereocenters. The van der Waals surface area contributed by atoms with Crippen LogP contribution in [0.15, 0.2) is 103 Å². The highest BCUT2D eigenvalue weighted by Gasteiger charge is 2.25. The largest absolute Gasteiger partial charge is 0.493 e. The maximum Gasteiger partial charge on any atom is 0.300 e. The van der Waals surface area contributed by atoms with Gasteiger partial charge in [0.1, 0.15) is 18.5 Å². The van der Waals surface area contributed by atoms with Gasteiger partial charge < -0.3 is 36.1 Å². The standard InChI is InChI=1S/C31H32N4O4.C2H4O2/c1-38-28-18-24(14-17-27(28)39-20-21-8-4-2-5-9-21)29(34-25-15-12-23(13-16-25)30(32)33)31(37)35-26(19-36)22-10-6-3-7-11-22;1-2(3)4/h2-18,26,29,34,36H,19-20H2,1H3,(H3,32,33)(H,35,37);1H3,(H,3,4)/t26-,29+;/m1./s1. The summed E-state index contributed by atoms with van der Waals surface area (Å²) in [6.07, 6.45) is 0. The van der Waals surface area contributed by atoms with Crippen LogP contribution in [0.3, 0.4) is 0 Å². The molecular formula is C33H36N4O6. The number of methoxy groups -OCH3 is 1. The number of aliphatic hydroxyl groups excluding tert-OH is 1. The van der Waals surface area contributed by atoms with E-state index in [1.54, 1.807) is 49.6 Å². The molecule has 0 radical (unpaired) electrons. The van der Waals surface area contributed by atoms with E-state index in [9.17, 15) is 9.90 Å². The van der Waals surface area contributed by atoms with Gasteiger partial charge in [0.15, 0.2) is 11.5 Å². The third kappa shape index (κ3) is 9.91. The van der Waals surface area contributed by atoms with E-state index < -0.39 is 18.1 Å². The van der Waals surface area contributed by atoms with Gasteiger partial charge in [-0.2, -0.15) is 0 Å². The summed E-state index contributed by atoms with van der Waals surface area (Å²) in [6.45, 7) is 1.20. The van der Waals surface area contributed by atoms with E-state index in [-0.39, 0.29) is 18.3 Å². The van der Waals surface area contributed by atoms with Crippen molar-refractivity contribution in [3.63, 3.8) is 0 Å². The van der Waals surface area contributed by atoms with E-state index in [4.69, 9.17) is 30.5 Å². The summed E-state index contributed by atoms with van der Waals surface area (Å²) < 4.78 is 11.6. The molecule has 10 nitrogen and oxygen atoms in total. The minimum Gasteiger partial charge on any atom is -0.493 e. The van der Waals surface area contributed by atoms with Gasteiger partial charge in [-0.15, -0.1) is 0 Å². The number of carboxylic acids is 1. The van der Waals surface area contributed by atoms with Crippen LogP contribution < -0.4 is 25.8 Å². The van der Waals surface area contributed by atoms with E-state index in [0.29, 0.717) is 34.9 Å². The van der Waals surface area contributed by atoms with Gasteiger partial charge >= 0.3 is 0 Å². The van der Waals surface area contributed by atoms with E-state index in [1.807, 2.05) is 60.7 Å². The minimum atomic E-state index is -0.833. The molecule has 7 N–H and O–H groups in total. The lowest BCUT2D eigenvalue weighted by atomic mass is 10.0. The Morgan fingerprint density at radius 1 is 0.884 bits per heavy atom. The molecule has 0 aromatic heterocycles. The molecule has 2 atom stereocenters. The molecule has 0 saturated carbocycles. The molecule has 0 spiro atoms. The van der Waals surface area contributed by atoms with Crippen LogP contribution >= 0.6 is 0 Å². The van der Waals surface area contributed by atoms with E-state index in [0.717, 1.165) is 18.1 Å². The number of nitrogens with one attached hydrogen (secondary N) is 3. The van der Waals surface area contributed by atoms with Gasteiger partial charge in [-0.25, -0.2) is 0 Å². The molecule has 0 fully saturated rings. The van der Waals surface area contributed by atoms with Crippen LogP contribution in [0, 0.1) is 5.41 Å². The van der Waals surface area contributed by atoms with Crippen molar-refractivity contribution in [1.82, 2.24) is 5.32 Å². The molecule has 0 heterocycles. The SMILES string of the molecule is CC(=O)O.COc1cc([C@H](Nc2ccc(C(=N)N)cc2)C(=O)N[C@H](CO)c2ccccc2)ccc1OCc1ccccc1. The van der Waals surface area contributed by atoms with E-state index in [1.165, 1.54) is 0 Å². The Morgan fingerprint density at radius 2 is 1.49 bits per heavy atom. The predicted octanol–water partition coefficient (Wildman–Crippen LogP) is 4.65. The van der Waals surface area contributed by atoms with Crippen molar-refractivity contribution in [1.29, 1.82) is 5.41 Å². The van der Waals surface area contributed by atoms with Crippen LogP contribution in [0.5, 0.6) is 11.5 Å². The number of rotatable bonds is 12. The Labute approximate surface area is 250 Å². The minimum absolute atomic E-state index is 0.0414. The summed E-state index contributed by atoms with van der Waals surface area (Å²) in [4.78, 5) is 22.7. The highest BCUT2D eigenvalue weighted by Crippen LogP contribution is 2.33. The zero-order valence-electron chi connectivity index (χ0n) is 24.0. The monoisotopic (exact) mass is 584 g/mol. The molecular weight excluding hydrogens is 548 g/mol. The molecule has 0 aliphatic carbocycles. The third-order valence-electron chi connectivity index (χ3n) is 6.23. The van der Waals surface area contributed by atoms with E-state index >= 15 is 0 Å². The van der Waals surface area contributed by atoms with Crippen LogP contribution in [0.1, 0.15) is 41.3 Å². The summed E-state index contributed by atoms with van der Waals surface area (Å²) in [5.41, 5.74) is 9.27. The fourth-order valence-electron chi connectivity index (χ4n) is 4.11. The number of benzene rings is 4. The molecule has 43 heavy (non-hydrogen) atoms. The molecule has 224 valence electrons. The van der Waals surface area contributed by atoms with Crippen molar-refractivity contribution in [3.05, 3.63) is 125 Å². The van der Waals surface area contributed by atoms with Gasteiger partial charge in [-0.05, 0) is 53.1 Å². The van der Waals surface area contributed by atoms with Gasteiger partial charge in [0.25, 0.3) is 5.97 Å². The Morgan fingerprint density at radius 3 is 2.05 bits per heavy atom. The average Bonchev–Trinajstić information content (AvgIpc) is 3.02. The zero-order valence-corrected chi connectivity index (χ0v) is 24.0. The van der Waals surface area contributed by atoms with Crippen molar-refractivity contribution in [2.24, 2.45) is 5.73 Å². The van der Waals surface area contributed by atoms with Crippen LogP contribution in [0.25, 0.3) is 0 Å². The second kappa shape index (κ2) is 16.2. The van der Waals surface area contributed by atoms with Gasteiger partial charge in [0.05, 0.1) is 19.8 Å². The first-order valence-electron chi connectivity index (χ1n) is 13.4. The maximum absolute atomic E-state index is 13.7. The number of nitrogens with two attached hydrogens (primary N) is 1. The summed E-state index contributed by atoms with van der Waals surface area (Å²) in [6, 6.07) is 30.0. The first-order chi connectivity index (χ1) is 20.7. The summed E-state index contributed by atoms with van der Waals surface area (Å²) >= 11 is 0. The highest BCUT2D eigenvalue weighted by molar-refractivity contribution is 5.95. The van der Waals surface area contributed by atoms with Gasteiger partial charge in [-0.3, -0.25) is 15.0 Å². The fraction of sp³-hybridized carbons (Fsp3) is 0.182. The Hall–Kier alpha value is -5.35. The quantitative estimate of drug-likeness (QED) is 0.103. The molecule has 0 saturated heterocycles. The predicted molar refractivity (Wildman–Crippen MR) is 165 cm³/mol. The molecule has 0 aliphatic rings. The Balaban J connectivity index is 0.00000119. The number of aliphatic carboxylic acids is 1. The lowest BCUT2D eigenvalue weighted by Gasteiger charge is -2.24. The Bertz CT molecular complexity index is 1480. The molecule has 4 aromatic carbocycles. The average molecular weight is 585 g/mol. The summed E-state index contributed by atoms with van der Waals surface area (Å²) in [5, 5.41) is 31.3. The van der Waals surface area contributed by atoms with Crippen LogP contribution in [-0.2, 0) is 16.2 Å². The number of amidine groups is 1. The number of ether oxygens (including phenoxy) is 2. The number of amides is 1. The van der Waals surface area contributed by atoms with Crippen LogP contribution in [-0.4, -0.2) is 41.6 Å². The maximum atomic E-state index is 13.7. The number of nitrogen functional groups attached to an aromatic ring is 1. The number of carbonyl (C=O) groups excluding carboxylic acids is 1. The van der Waals surface area contributed by atoms with E-state index in [2.05, 4.69) is 10.6 Å². The highest BCUT2D eigenvalue weighted by atomic mass is 16.5. The Kier molecular flexibility index (Phi) is 12.1. The van der Waals surface area contributed by atoms with Gasteiger partial charge in [0, 0.05) is 18.2 Å². The molecule has 0 bridgehead atoms. The van der Waals surface area contributed by atoms with Gasteiger partial charge in [-0.1, -0.05) is 66.7 Å². The fourth-order valence-corrected chi connectivity index (χ4v) is 4.11. The number of hydrogen-bond acceptors (Lipinski definition) is 7. The normalized spacial score (nSPS) is 11.6. The summed E-state index contributed by atoms with van der Waals surface area (Å²) in [7, 11) is 1.55. The van der Waals surface area contributed by atoms with Crippen LogP contribution in [0.2, 0.25) is 0 Å². The topological polar surface area (TPSA) is 167 Å². The number of aliphatic hydroxyl groups is 1. The molecule has 4 rings (SSSR count). The smallest absolute Gasteiger partial charge is 0.300 e. The summed E-state index contributed by atoms with van der Waals surface area (Å²) in [5.74, 6) is -0.182.